The number of carboxylic acids is 1. The highest BCUT2D eigenvalue weighted by Crippen LogP contribution is 2.24. The molecule has 0 fully saturated rings. The van der Waals surface area contributed by atoms with Crippen molar-refractivity contribution in [3.05, 3.63) is 47.3 Å². The lowest BCUT2D eigenvalue weighted by Gasteiger charge is -2.22. The minimum atomic E-state index is -1.07. The van der Waals surface area contributed by atoms with Gasteiger partial charge in [0.15, 0.2) is 0 Å². The van der Waals surface area contributed by atoms with Gasteiger partial charge in [-0.3, -0.25) is 9.59 Å². The fourth-order valence-corrected chi connectivity index (χ4v) is 2.53. The first-order valence-electron chi connectivity index (χ1n) is 7.71. The molecule has 0 spiro atoms. The Morgan fingerprint density at radius 1 is 1.12 bits per heavy atom. The minimum absolute atomic E-state index is 0.128. The third-order valence-electron chi connectivity index (χ3n) is 3.99. The van der Waals surface area contributed by atoms with E-state index in [4.69, 9.17) is 9.47 Å². The van der Waals surface area contributed by atoms with Gasteiger partial charge in [0.05, 0.1) is 14.2 Å². The molecular weight excluding hydrogens is 324 g/mol. The number of aromatic nitrogens is 1. The van der Waals surface area contributed by atoms with Crippen molar-refractivity contribution in [3.8, 4) is 11.5 Å². The third kappa shape index (κ3) is 4.32. The van der Waals surface area contributed by atoms with Crippen molar-refractivity contribution < 1.29 is 24.2 Å². The average molecular weight is 346 g/mol. The number of carbonyl (C=O) groups is 2. The van der Waals surface area contributed by atoms with E-state index in [-0.39, 0.29) is 12.5 Å². The van der Waals surface area contributed by atoms with E-state index in [9.17, 15) is 14.7 Å². The molecule has 25 heavy (non-hydrogen) atoms. The van der Waals surface area contributed by atoms with Crippen molar-refractivity contribution in [2.45, 2.75) is 13.5 Å². The van der Waals surface area contributed by atoms with Crippen molar-refractivity contribution in [1.29, 1.82) is 0 Å². The van der Waals surface area contributed by atoms with Crippen molar-refractivity contribution in [2.24, 2.45) is 7.05 Å². The van der Waals surface area contributed by atoms with Crippen LogP contribution in [0.25, 0.3) is 0 Å². The second-order valence-corrected chi connectivity index (χ2v) is 5.69. The number of carboxylic acid groups (broad SMARTS) is 1. The summed E-state index contributed by atoms with van der Waals surface area (Å²) in [5.41, 5.74) is 2.08. The Balaban J connectivity index is 2.33. The Bertz CT molecular complexity index is 760. The lowest BCUT2D eigenvalue weighted by Crippen LogP contribution is -2.36. The van der Waals surface area contributed by atoms with Crippen LogP contribution in [0.1, 0.15) is 21.7 Å². The van der Waals surface area contributed by atoms with E-state index >= 15 is 0 Å². The number of ether oxygens (including phenoxy) is 2. The zero-order valence-corrected chi connectivity index (χ0v) is 14.8. The van der Waals surface area contributed by atoms with Crippen molar-refractivity contribution in [2.75, 3.05) is 20.8 Å². The average Bonchev–Trinajstić information content (AvgIpc) is 2.92. The molecule has 0 saturated heterocycles. The van der Waals surface area contributed by atoms with E-state index in [1.165, 1.54) is 19.1 Å². The normalized spacial score (nSPS) is 10.4. The maximum atomic E-state index is 12.8. The number of rotatable bonds is 7. The molecule has 0 aliphatic rings. The highest BCUT2D eigenvalue weighted by atomic mass is 16.5. The molecule has 1 N–H and O–H groups in total. The Hall–Kier alpha value is -2.96. The lowest BCUT2D eigenvalue weighted by molar-refractivity contribution is -0.137. The predicted octanol–water partition coefficient (Wildman–Crippen LogP) is 2.08. The molecule has 2 aromatic rings. The molecule has 7 nitrogen and oxygen atoms in total. The number of nitrogens with zero attached hydrogens (tertiary/aromatic N) is 2. The van der Waals surface area contributed by atoms with Gasteiger partial charge in [-0.2, -0.15) is 0 Å². The van der Waals surface area contributed by atoms with Crippen LogP contribution < -0.4 is 9.47 Å². The lowest BCUT2D eigenvalue weighted by atomic mass is 10.1. The first-order valence-corrected chi connectivity index (χ1v) is 7.71. The molecule has 0 aliphatic carbocycles. The number of carbonyl (C=O) groups excluding carboxylic acids is 1. The minimum Gasteiger partial charge on any atom is -0.497 e. The van der Waals surface area contributed by atoms with Crippen LogP contribution in [0.15, 0.2) is 30.3 Å². The number of aliphatic carboxylic acids is 1. The van der Waals surface area contributed by atoms with Crippen LogP contribution >= 0.6 is 0 Å². The van der Waals surface area contributed by atoms with Gasteiger partial charge in [-0.15, -0.1) is 0 Å². The fraction of sp³-hybridized carbons (Fsp3) is 0.333. The van der Waals surface area contributed by atoms with Crippen molar-refractivity contribution >= 4 is 11.9 Å². The fourth-order valence-electron chi connectivity index (χ4n) is 2.53. The molecule has 134 valence electrons. The van der Waals surface area contributed by atoms with E-state index in [0.717, 1.165) is 11.3 Å². The molecule has 0 bridgehead atoms. The van der Waals surface area contributed by atoms with Crippen molar-refractivity contribution in [1.82, 2.24) is 9.47 Å². The molecule has 0 aliphatic heterocycles. The quantitative estimate of drug-likeness (QED) is 0.830. The Kier molecular flexibility index (Phi) is 5.69. The van der Waals surface area contributed by atoms with Gasteiger partial charge in [-0.1, -0.05) is 0 Å². The zero-order chi connectivity index (χ0) is 18.6. The molecule has 0 atom stereocenters. The molecule has 1 heterocycles. The van der Waals surface area contributed by atoms with Crippen LogP contribution in [-0.4, -0.2) is 47.2 Å². The SMILES string of the molecule is COc1cc(CN(CC(=O)O)C(=O)c2ccc(C)n2C)cc(OC)c1. The molecule has 0 radical (unpaired) electrons. The molecule has 0 unspecified atom stereocenters. The maximum Gasteiger partial charge on any atom is 0.323 e. The molecule has 1 amide bonds. The van der Waals surface area contributed by atoms with E-state index in [1.807, 2.05) is 13.0 Å². The molecular formula is C18H22N2O5. The van der Waals surface area contributed by atoms with Gasteiger partial charge in [0.25, 0.3) is 5.91 Å². The predicted molar refractivity (Wildman–Crippen MR) is 92.1 cm³/mol. The summed E-state index contributed by atoms with van der Waals surface area (Å²) in [6.45, 7) is 1.61. The van der Waals surface area contributed by atoms with Gasteiger partial charge in [-0.05, 0) is 36.8 Å². The maximum absolute atomic E-state index is 12.8. The number of benzene rings is 1. The summed E-state index contributed by atoms with van der Waals surface area (Å²) in [6.07, 6.45) is 0. The molecule has 0 saturated carbocycles. The van der Waals surface area contributed by atoms with Crippen LogP contribution in [0.3, 0.4) is 0 Å². The summed E-state index contributed by atoms with van der Waals surface area (Å²) < 4.78 is 12.2. The van der Waals surface area contributed by atoms with E-state index in [1.54, 1.807) is 35.9 Å². The van der Waals surface area contributed by atoms with Gasteiger partial charge in [0.1, 0.15) is 23.7 Å². The van der Waals surface area contributed by atoms with Crippen LogP contribution in [-0.2, 0) is 18.4 Å². The highest BCUT2D eigenvalue weighted by Gasteiger charge is 2.22. The summed E-state index contributed by atoms with van der Waals surface area (Å²) in [5.74, 6) is -0.271. The van der Waals surface area contributed by atoms with E-state index < -0.39 is 12.5 Å². The number of hydrogen-bond donors (Lipinski definition) is 1. The first kappa shape index (κ1) is 18.4. The highest BCUT2D eigenvalue weighted by molar-refractivity contribution is 5.94. The van der Waals surface area contributed by atoms with Gasteiger partial charge in [-0.25, -0.2) is 0 Å². The van der Waals surface area contributed by atoms with Gasteiger partial charge in [0.2, 0.25) is 0 Å². The number of methoxy groups -OCH3 is 2. The molecule has 7 heteroatoms. The summed E-state index contributed by atoms with van der Waals surface area (Å²) in [7, 11) is 4.84. The number of hydrogen-bond acceptors (Lipinski definition) is 4. The zero-order valence-electron chi connectivity index (χ0n) is 14.8. The number of amides is 1. The van der Waals surface area contributed by atoms with Crippen molar-refractivity contribution in [3.63, 3.8) is 0 Å². The first-order chi connectivity index (χ1) is 11.8. The van der Waals surface area contributed by atoms with Crippen LogP contribution in [0.5, 0.6) is 11.5 Å². The summed E-state index contributed by atoms with van der Waals surface area (Å²) in [6, 6.07) is 8.73. The second-order valence-electron chi connectivity index (χ2n) is 5.69. The second kappa shape index (κ2) is 7.74. The Labute approximate surface area is 146 Å². The topological polar surface area (TPSA) is 81.0 Å². The van der Waals surface area contributed by atoms with Gasteiger partial charge < -0.3 is 24.0 Å². The summed E-state index contributed by atoms with van der Waals surface area (Å²) in [4.78, 5) is 25.3. The summed E-state index contributed by atoms with van der Waals surface area (Å²) in [5, 5.41) is 9.18. The molecule has 1 aromatic carbocycles. The summed E-state index contributed by atoms with van der Waals surface area (Å²) >= 11 is 0. The molecule has 2 rings (SSSR count). The van der Waals surface area contributed by atoms with Crippen LogP contribution in [0, 0.1) is 6.92 Å². The van der Waals surface area contributed by atoms with Gasteiger partial charge >= 0.3 is 5.97 Å². The Morgan fingerprint density at radius 2 is 1.72 bits per heavy atom. The third-order valence-corrected chi connectivity index (χ3v) is 3.99. The van der Waals surface area contributed by atoms with E-state index in [0.29, 0.717) is 17.2 Å². The molecule has 1 aromatic heterocycles. The standard InChI is InChI=1S/C18H22N2O5/c1-12-5-6-16(19(12)2)18(23)20(11-17(21)22)10-13-7-14(24-3)9-15(8-13)25-4/h5-9H,10-11H2,1-4H3,(H,21,22). The van der Waals surface area contributed by atoms with Crippen LogP contribution in [0.2, 0.25) is 0 Å². The monoisotopic (exact) mass is 346 g/mol. The Morgan fingerprint density at radius 3 is 2.16 bits per heavy atom. The largest absolute Gasteiger partial charge is 0.497 e. The van der Waals surface area contributed by atoms with Gasteiger partial charge in [0, 0.05) is 25.4 Å². The van der Waals surface area contributed by atoms with E-state index in [2.05, 4.69) is 0 Å². The van der Waals surface area contributed by atoms with Crippen LogP contribution in [0.4, 0.5) is 0 Å². The smallest absolute Gasteiger partial charge is 0.323 e. The number of aryl methyl sites for hydroxylation is 1.